The molecular weight excluding hydrogens is 192 g/mol. The van der Waals surface area contributed by atoms with Crippen LogP contribution in [0.2, 0.25) is 0 Å². The van der Waals surface area contributed by atoms with Gasteiger partial charge in [-0.05, 0) is 12.3 Å². The number of carbonyl (C=O) groups excluding carboxylic acids is 1. The van der Waals surface area contributed by atoms with E-state index in [4.69, 9.17) is 0 Å². The molecule has 2 heterocycles. The smallest absolute Gasteiger partial charge is 0.252 e. The van der Waals surface area contributed by atoms with Crippen LogP contribution in [0.4, 0.5) is 0 Å². The molecule has 0 saturated carbocycles. The highest BCUT2D eigenvalue weighted by atomic mass is 16.1. The van der Waals surface area contributed by atoms with Crippen LogP contribution in [0.5, 0.6) is 0 Å². The minimum absolute atomic E-state index is 0.161. The molecule has 76 valence electrons. The Morgan fingerprint density at radius 1 is 1.47 bits per heavy atom. The zero-order valence-corrected chi connectivity index (χ0v) is 8.34. The highest BCUT2D eigenvalue weighted by molar-refractivity contribution is 5.98. The Labute approximate surface area is 86.2 Å². The number of nitrogens with zero attached hydrogens (tertiary/aromatic N) is 4. The van der Waals surface area contributed by atoms with Gasteiger partial charge in [-0.3, -0.25) is 4.79 Å². The quantitative estimate of drug-likeness (QED) is 0.636. The van der Waals surface area contributed by atoms with Crippen molar-refractivity contribution in [2.24, 2.45) is 5.92 Å². The van der Waals surface area contributed by atoms with Crippen molar-refractivity contribution in [1.82, 2.24) is 19.6 Å². The summed E-state index contributed by atoms with van der Waals surface area (Å²) in [6.45, 7) is 2.07. The summed E-state index contributed by atoms with van der Waals surface area (Å²) in [5.74, 6) is 1.10. The minimum atomic E-state index is 0.161. The maximum Gasteiger partial charge on any atom is 0.252 e. The van der Waals surface area contributed by atoms with Crippen LogP contribution in [0.3, 0.4) is 0 Å². The second-order valence-electron chi connectivity index (χ2n) is 4.04. The number of carbonyl (C=O) groups is 1. The lowest BCUT2D eigenvalue weighted by Crippen LogP contribution is -2.20. The summed E-state index contributed by atoms with van der Waals surface area (Å²) in [5, 5.41) is 3.97. The Morgan fingerprint density at radius 2 is 2.33 bits per heavy atom. The van der Waals surface area contributed by atoms with E-state index in [1.807, 2.05) is 0 Å². The highest BCUT2D eigenvalue weighted by Crippen LogP contribution is 2.23. The third-order valence-corrected chi connectivity index (χ3v) is 2.73. The van der Waals surface area contributed by atoms with Gasteiger partial charge in [0.15, 0.2) is 5.78 Å². The van der Waals surface area contributed by atoms with Gasteiger partial charge in [-0.15, -0.1) is 0 Å². The summed E-state index contributed by atoms with van der Waals surface area (Å²) in [4.78, 5) is 20.1. The van der Waals surface area contributed by atoms with Gasteiger partial charge in [-0.25, -0.2) is 9.50 Å². The third-order valence-electron chi connectivity index (χ3n) is 2.73. The fourth-order valence-electron chi connectivity index (χ4n) is 2.01. The minimum Gasteiger partial charge on any atom is -0.294 e. The van der Waals surface area contributed by atoms with Crippen molar-refractivity contribution in [2.75, 3.05) is 0 Å². The van der Waals surface area contributed by atoms with Crippen LogP contribution in [0.25, 0.3) is 5.78 Å². The van der Waals surface area contributed by atoms with Gasteiger partial charge in [0.1, 0.15) is 6.33 Å². The molecule has 5 nitrogen and oxygen atoms in total. The summed E-state index contributed by atoms with van der Waals surface area (Å²) < 4.78 is 1.55. The van der Waals surface area contributed by atoms with Crippen LogP contribution in [0.15, 0.2) is 12.5 Å². The molecule has 0 bridgehead atoms. The maximum absolute atomic E-state index is 11.8. The lowest BCUT2D eigenvalue weighted by atomic mass is 9.88. The number of aromatic nitrogens is 4. The number of ketones is 1. The molecule has 3 rings (SSSR count). The van der Waals surface area contributed by atoms with Crippen molar-refractivity contribution in [1.29, 1.82) is 0 Å². The Kier molecular flexibility index (Phi) is 1.62. The van der Waals surface area contributed by atoms with Gasteiger partial charge in [-0.1, -0.05) is 6.92 Å². The summed E-state index contributed by atoms with van der Waals surface area (Å²) in [5.41, 5.74) is 1.56. The van der Waals surface area contributed by atoms with Crippen LogP contribution in [-0.4, -0.2) is 25.4 Å². The van der Waals surface area contributed by atoms with Gasteiger partial charge in [0.05, 0.1) is 11.3 Å². The highest BCUT2D eigenvalue weighted by Gasteiger charge is 2.24. The summed E-state index contributed by atoms with van der Waals surface area (Å²) >= 11 is 0. The maximum atomic E-state index is 11.8. The molecule has 0 fully saturated rings. The number of Topliss-reactive ketones (excluding diaryl/α,β-unsaturated/α-hetero) is 1. The van der Waals surface area contributed by atoms with E-state index in [2.05, 4.69) is 22.0 Å². The zero-order chi connectivity index (χ0) is 10.4. The molecule has 5 heteroatoms. The first kappa shape index (κ1) is 8.52. The first-order valence-electron chi connectivity index (χ1n) is 4.96. The van der Waals surface area contributed by atoms with Crippen molar-refractivity contribution in [3.8, 4) is 0 Å². The average Bonchev–Trinajstić information content (AvgIpc) is 2.61. The van der Waals surface area contributed by atoms with E-state index in [9.17, 15) is 4.79 Å². The fourth-order valence-corrected chi connectivity index (χ4v) is 2.01. The van der Waals surface area contributed by atoms with E-state index in [1.165, 1.54) is 6.33 Å². The van der Waals surface area contributed by atoms with E-state index < -0.39 is 0 Å². The molecule has 0 spiro atoms. The van der Waals surface area contributed by atoms with Gasteiger partial charge in [0, 0.05) is 12.6 Å². The molecule has 1 aliphatic rings. The molecule has 2 aromatic rings. The van der Waals surface area contributed by atoms with E-state index >= 15 is 0 Å². The molecular formula is C10H10N4O. The summed E-state index contributed by atoms with van der Waals surface area (Å²) in [6, 6.07) is 0. The molecule has 15 heavy (non-hydrogen) atoms. The zero-order valence-electron chi connectivity index (χ0n) is 8.34. The van der Waals surface area contributed by atoms with E-state index in [-0.39, 0.29) is 5.78 Å². The van der Waals surface area contributed by atoms with Crippen LogP contribution in [0.1, 0.15) is 29.4 Å². The molecule has 0 aliphatic heterocycles. The Balaban J connectivity index is 2.26. The molecule has 0 radical (unpaired) electrons. The van der Waals surface area contributed by atoms with Crippen molar-refractivity contribution >= 4 is 11.6 Å². The third kappa shape index (κ3) is 1.23. The van der Waals surface area contributed by atoms with Gasteiger partial charge < -0.3 is 0 Å². The van der Waals surface area contributed by atoms with Crippen molar-refractivity contribution in [3.63, 3.8) is 0 Å². The first-order valence-corrected chi connectivity index (χ1v) is 4.96. The van der Waals surface area contributed by atoms with Gasteiger partial charge in [0.25, 0.3) is 5.78 Å². The molecule has 2 aromatic heterocycles. The van der Waals surface area contributed by atoms with E-state index in [1.54, 1.807) is 10.7 Å². The second-order valence-corrected chi connectivity index (χ2v) is 4.04. The van der Waals surface area contributed by atoms with Crippen LogP contribution < -0.4 is 0 Å². The van der Waals surface area contributed by atoms with Crippen LogP contribution in [0, 0.1) is 5.92 Å². The summed E-state index contributed by atoms with van der Waals surface area (Å²) in [6.07, 6.45) is 4.64. The van der Waals surface area contributed by atoms with Crippen molar-refractivity contribution in [2.45, 2.75) is 19.8 Å². The van der Waals surface area contributed by atoms with Crippen LogP contribution >= 0.6 is 0 Å². The SMILES string of the molecule is C[C@@H]1CC(=O)c2cn3ncnc3nc2C1. The lowest BCUT2D eigenvalue weighted by Gasteiger charge is -2.18. The van der Waals surface area contributed by atoms with E-state index in [0.717, 1.165) is 12.1 Å². The van der Waals surface area contributed by atoms with Gasteiger partial charge >= 0.3 is 0 Å². The topological polar surface area (TPSA) is 60.2 Å². The molecule has 0 saturated heterocycles. The largest absolute Gasteiger partial charge is 0.294 e. The molecule has 1 aliphatic carbocycles. The molecule has 0 N–H and O–H groups in total. The lowest BCUT2D eigenvalue weighted by molar-refractivity contribution is 0.0951. The predicted molar refractivity (Wildman–Crippen MR) is 52.6 cm³/mol. The van der Waals surface area contributed by atoms with Gasteiger partial charge in [0.2, 0.25) is 0 Å². The van der Waals surface area contributed by atoms with E-state index in [0.29, 0.717) is 23.7 Å². The normalized spacial score (nSPS) is 20.6. The Morgan fingerprint density at radius 3 is 3.20 bits per heavy atom. The molecule has 0 aromatic carbocycles. The Hall–Kier alpha value is -1.78. The predicted octanol–water partition coefficient (Wildman–Crippen LogP) is 0.889. The summed E-state index contributed by atoms with van der Waals surface area (Å²) in [7, 11) is 0. The molecule has 1 atom stereocenters. The second kappa shape index (κ2) is 2.85. The molecule has 0 amide bonds. The van der Waals surface area contributed by atoms with Crippen LogP contribution in [-0.2, 0) is 6.42 Å². The standard InChI is InChI=1S/C10H10N4O/c1-6-2-8-7(9(15)3-6)4-14-10(13-8)11-5-12-14/h4-6H,2-3H2,1H3/t6-/m0/s1. The fraction of sp³-hybridized carbons (Fsp3) is 0.400. The average molecular weight is 202 g/mol. The number of hydrogen-bond donors (Lipinski definition) is 0. The van der Waals surface area contributed by atoms with Gasteiger partial charge in [-0.2, -0.15) is 10.1 Å². The molecule has 0 unspecified atom stereocenters. The van der Waals surface area contributed by atoms with Crippen molar-refractivity contribution < 1.29 is 4.79 Å². The Bertz CT molecular complexity index is 545. The first-order chi connectivity index (χ1) is 7.24. The number of fused-ring (bicyclic) bond motifs is 2. The van der Waals surface area contributed by atoms with Crippen molar-refractivity contribution in [3.05, 3.63) is 23.8 Å². The monoisotopic (exact) mass is 202 g/mol. The number of rotatable bonds is 0. The number of hydrogen-bond acceptors (Lipinski definition) is 4.